The first kappa shape index (κ1) is 17.8. The molecule has 0 bridgehead atoms. The van der Waals surface area contributed by atoms with E-state index in [9.17, 15) is 8.42 Å². The van der Waals surface area contributed by atoms with Gasteiger partial charge in [-0.1, -0.05) is 12.1 Å². The largest absolute Gasteiger partial charge is 0.493 e. The van der Waals surface area contributed by atoms with Crippen LogP contribution in [0.3, 0.4) is 0 Å². The average Bonchev–Trinajstić information content (AvgIpc) is 3.14. The van der Waals surface area contributed by atoms with Crippen LogP contribution in [-0.2, 0) is 16.6 Å². The van der Waals surface area contributed by atoms with Gasteiger partial charge in [0.05, 0.1) is 25.7 Å². The third-order valence-corrected chi connectivity index (χ3v) is 5.13. The van der Waals surface area contributed by atoms with Gasteiger partial charge in [-0.25, -0.2) is 8.42 Å². The minimum Gasteiger partial charge on any atom is -0.493 e. The van der Waals surface area contributed by atoms with E-state index in [1.165, 1.54) is 26.4 Å². The van der Waals surface area contributed by atoms with Gasteiger partial charge in [0, 0.05) is 24.1 Å². The number of methoxy groups -OCH3 is 2. The number of nitrogens with one attached hydrogen (secondary N) is 1. The van der Waals surface area contributed by atoms with Crippen LogP contribution in [0.15, 0.2) is 65.8 Å². The summed E-state index contributed by atoms with van der Waals surface area (Å²) in [6.07, 6.45) is 3.55. The monoisotopic (exact) mass is 373 g/mol. The quantitative estimate of drug-likeness (QED) is 0.689. The molecule has 0 radical (unpaired) electrons. The minimum atomic E-state index is -3.76. The molecule has 0 saturated heterocycles. The lowest BCUT2D eigenvalue weighted by atomic mass is 10.2. The van der Waals surface area contributed by atoms with E-state index in [1.54, 1.807) is 35.1 Å². The minimum absolute atomic E-state index is 0.0904. The van der Waals surface area contributed by atoms with Gasteiger partial charge in [0.1, 0.15) is 0 Å². The Kier molecular flexibility index (Phi) is 5.13. The molecule has 26 heavy (non-hydrogen) atoms. The van der Waals surface area contributed by atoms with Crippen LogP contribution in [-0.4, -0.2) is 32.4 Å². The Bertz CT molecular complexity index is 985. The van der Waals surface area contributed by atoms with Crippen molar-refractivity contribution in [3.8, 4) is 11.5 Å². The molecule has 0 aliphatic rings. The fourth-order valence-electron chi connectivity index (χ4n) is 2.51. The summed E-state index contributed by atoms with van der Waals surface area (Å²) in [5, 5.41) is 4.15. The number of ether oxygens (including phenoxy) is 2. The first-order chi connectivity index (χ1) is 12.5. The van der Waals surface area contributed by atoms with E-state index in [0.717, 1.165) is 5.56 Å². The van der Waals surface area contributed by atoms with Gasteiger partial charge >= 0.3 is 0 Å². The van der Waals surface area contributed by atoms with Crippen molar-refractivity contribution in [2.75, 3.05) is 18.9 Å². The molecule has 1 heterocycles. The van der Waals surface area contributed by atoms with Gasteiger partial charge in [-0.15, -0.1) is 0 Å². The first-order valence-electron chi connectivity index (χ1n) is 7.83. The Morgan fingerprint density at radius 1 is 1.04 bits per heavy atom. The van der Waals surface area contributed by atoms with Crippen molar-refractivity contribution in [3.63, 3.8) is 0 Å². The van der Waals surface area contributed by atoms with Gasteiger partial charge in [-0.3, -0.25) is 9.40 Å². The SMILES string of the molecule is COc1ccc(S(=O)(=O)Nc2cccc(Cn3cccn3)c2)cc1OC. The van der Waals surface area contributed by atoms with E-state index in [2.05, 4.69) is 9.82 Å². The number of aromatic nitrogens is 2. The predicted octanol–water partition coefficient (Wildman–Crippen LogP) is 2.75. The topological polar surface area (TPSA) is 82.5 Å². The zero-order valence-corrected chi connectivity index (χ0v) is 15.2. The molecule has 3 rings (SSSR count). The molecule has 136 valence electrons. The van der Waals surface area contributed by atoms with E-state index in [-0.39, 0.29) is 4.90 Å². The molecule has 3 aromatic rings. The summed E-state index contributed by atoms with van der Waals surface area (Å²) in [5.74, 6) is 0.815. The van der Waals surface area contributed by atoms with E-state index in [1.807, 2.05) is 18.3 Å². The second-order valence-corrected chi connectivity index (χ2v) is 7.21. The third kappa shape index (κ3) is 3.97. The molecule has 8 heteroatoms. The molecule has 0 unspecified atom stereocenters. The van der Waals surface area contributed by atoms with Crippen molar-refractivity contribution in [1.29, 1.82) is 0 Å². The van der Waals surface area contributed by atoms with E-state index in [0.29, 0.717) is 23.7 Å². The highest BCUT2D eigenvalue weighted by atomic mass is 32.2. The van der Waals surface area contributed by atoms with Crippen molar-refractivity contribution in [2.45, 2.75) is 11.4 Å². The lowest BCUT2D eigenvalue weighted by Gasteiger charge is -2.12. The first-order valence-corrected chi connectivity index (χ1v) is 9.31. The van der Waals surface area contributed by atoms with Gasteiger partial charge < -0.3 is 9.47 Å². The van der Waals surface area contributed by atoms with Gasteiger partial charge in [0.25, 0.3) is 10.0 Å². The van der Waals surface area contributed by atoms with Crippen molar-refractivity contribution in [2.24, 2.45) is 0 Å². The smallest absolute Gasteiger partial charge is 0.262 e. The Hall–Kier alpha value is -3.00. The van der Waals surface area contributed by atoms with E-state index >= 15 is 0 Å². The standard InChI is InChI=1S/C18H19N3O4S/c1-24-17-8-7-16(12-18(17)25-2)26(22,23)20-15-6-3-5-14(11-15)13-21-10-4-9-19-21/h3-12,20H,13H2,1-2H3. The maximum atomic E-state index is 12.7. The van der Waals surface area contributed by atoms with Crippen molar-refractivity contribution < 1.29 is 17.9 Å². The number of hydrogen-bond donors (Lipinski definition) is 1. The summed E-state index contributed by atoms with van der Waals surface area (Å²) in [5.41, 5.74) is 1.41. The Morgan fingerprint density at radius 2 is 1.85 bits per heavy atom. The highest BCUT2D eigenvalue weighted by molar-refractivity contribution is 7.92. The summed E-state index contributed by atoms with van der Waals surface area (Å²) < 4.78 is 40.0. The summed E-state index contributed by atoms with van der Waals surface area (Å²) >= 11 is 0. The summed E-state index contributed by atoms with van der Waals surface area (Å²) in [4.78, 5) is 0.0904. The van der Waals surface area contributed by atoms with Crippen molar-refractivity contribution in [1.82, 2.24) is 9.78 Å². The van der Waals surface area contributed by atoms with Gasteiger partial charge in [0.15, 0.2) is 11.5 Å². The molecule has 0 aliphatic carbocycles. The maximum Gasteiger partial charge on any atom is 0.262 e. The highest BCUT2D eigenvalue weighted by Gasteiger charge is 2.17. The molecule has 2 aromatic carbocycles. The van der Waals surface area contributed by atoms with Crippen LogP contribution in [0, 0.1) is 0 Å². The van der Waals surface area contributed by atoms with Gasteiger partial charge in [-0.2, -0.15) is 5.10 Å². The Balaban J connectivity index is 1.83. The van der Waals surface area contributed by atoms with Crippen LogP contribution in [0.25, 0.3) is 0 Å². The van der Waals surface area contributed by atoms with Crippen LogP contribution in [0.2, 0.25) is 0 Å². The lowest BCUT2D eigenvalue weighted by Crippen LogP contribution is -2.13. The fraction of sp³-hybridized carbons (Fsp3) is 0.167. The van der Waals surface area contributed by atoms with Crippen molar-refractivity contribution >= 4 is 15.7 Å². The maximum absolute atomic E-state index is 12.7. The molecule has 1 aromatic heterocycles. The molecule has 0 saturated carbocycles. The normalized spacial score (nSPS) is 11.2. The van der Waals surface area contributed by atoms with Crippen LogP contribution < -0.4 is 14.2 Å². The lowest BCUT2D eigenvalue weighted by molar-refractivity contribution is 0.354. The summed E-state index contributed by atoms with van der Waals surface area (Å²) in [6, 6.07) is 13.5. The van der Waals surface area contributed by atoms with Gasteiger partial charge in [-0.05, 0) is 35.9 Å². The zero-order valence-electron chi connectivity index (χ0n) is 14.4. The van der Waals surface area contributed by atoms with E-state index < -0.39 is 10.0 Å². The summed E-state index contributed by atoms with van der Waals surface area (Å²) in [7, 11) is -0.803. The Labute approximate surface area is 152 Å². The van der Waals surface area contributed by atoms with Crippen LogP contribution >= 0.6 is 0 Å². The molecular formula is C18H19N3O4S. The van der Waals surface area contributed by atoms with Gasteiger partial charge in [0.2, 0.25) is 0 Å². The molecule has 0 amide bonds. The number of nitrogens with zero attached hydrogens (tertiary/aromatic N) is 2. The molecule has 0 aliphatic heterocycles. The molecule has 0 spiro atoms. The second-order valence-electron chi connectivity index (χ2n) is 5.53. The third-order valence-electron chi connectivity index (χ3n) is 3.75. The van der Waals surface area contributed by atoms with Crippen molar-refractivity contribution in [3.05, 3.63) is 66.5 Å². The number of rotatable bonds is 7. The summed E-state index contributed by atoms with van der Waals surface area (Å²) in [6.45, 7) is 0.554. The highest BCUT2D eigenvalue weighted by Crippen LogP contribution is 2.30. The number of anilines is 1. The number of benzene rings is 2. The van der Waals surface area contributed by atoms with Crippen LogP contribution in [0.1, 0.15) is 5.56 Å². The number of sulfonamides is 1. The Morgan fingerprint density at radius 3 is 2.54 bits per heavy atom. The van der Waals surface area contributed by atoms with Crippen LogP contribution in [0.5, 0.6) is 11.5 Å². The van der Waals surface area contributed by atoms with Crippen LogP contribution in [0.4, 0.5) is 5.69 Å². The van der Waals surface area contributed by atoms with E-state index in [4.69, 9.17) is 9.47 Å². The molecular weight excluding hydrogens is 354 g/mol. The zero-order chi connectivity index (χ0) is 18.6. The second kappa shape index (κ2) is 7.49. The molecule has 7 nitrogen and oxygen atoms in total. The predicted molar refractivity (Wildman–Crippen MR) is 98.1 cm³/mol. The fourth-order valence-corrected chi connectivity index (χ4v) is 3.58. The molecule has 0 fully saturated rings. The average molecular weight is 373 g/mol. The molecule has 1 N–H and O–H groups in total. The molecule has 0 atom stereocenters. The number of hydrogen-bond acceptors (Lipinski definition) is 5.